The number of amides is 4. The van der Waals surface area contributed by atoms with Crippen molar-refractivity contribution in [2.75, 3.05) is 6.61 Å². The van der Waals surface area contributed by atoms with Gasteiger partial charge in [0.2, 0.25) is 11.8 Å². The topological polar surface area (TPSA) is 75.7 Å². The predicted molar refractivity (Wildman–Crippen MR) is 74.3 cm³/mol. The van der Waals surface area contributed by atoms with Gasteiger partial charge in [0.15, 0.2) is 0 Å². The Hall–Kier alpha value is -1.43. The summed E-state index contributed by atoms with van der Waals surface area (Å²) in [5.74, 6) is -0.728. The van der Waals surface area contributed by atoms with Crippen LogP contribution in [-0.2, 0) is 14.3 Å². The lowest BCUT2D eigenvalue weighted by atomic mass is 9.61. The summed E-state index contributed by atoms with van der Waals surface area (Å²) < 4.78 is 5.66. The number of imide groups is 2. The Balaban J connectivity index is 1.84. The van der Waals surface area contributed by atoms with E-state index >= 15 is 0 Å². The van der Waals surface area contributed by atoms with Gasteiger partial charge in [0.25, 0.3) is 0 Å². The summed E-state index contributed by atoms with van der Waals surface area (Å²) in [5, 5.41) is 2.37. The number of nitrogens with one attached hydrogen (secondary N) is 1. The average molecular weight is 294 g/mol. The second-order valence-electron chi connectivity index (χ2n) is 6.89. The Labute approximate surface area is 124 Å². The normalized spacial score (nSPS) is 33.5. The fourth-order valence-corrected chi connectivity index (χ4v) is 3.74. The number of nitrogens with zero attached hydrogens (tertiary/aromatic N) is 1. The predicted octanol–water partition coefficient (Wildman–Crippen LogP) is 1.44. The molecule has 2 aliphatic carbocycles. The van der Waals surface area contributed by atoms with Crippen LogP contribution in [0.15, 0.2) is 0 Å². The van der Waals surface area contributed by atoms with Crippen molar-refractivity contribution in [1.29, 1.82) is 0 Å². The van der Waals surface area contributed by atoms with Crippen molar-refractivity contribution in [3.63, 3.8) is 0 Å². The first-order valence-electron chi connectivity index (χ1n) is 7.65. The van der Waals surface area contributed by atoms with E-state index in [1.54, 1.807) is 0 Å². The maximum absolute atomic E-state index is 12.7. The number of carbonyl (C=O) groups is 3. The van der Waals surface area contributed by atoms with E-state index in [9.17, 15) is 14.4 Å². The van der Waals surface area contributed by atoms with Gasteiger partial charge in [-0.1, -0.05) is 20.3 Å². The third kappa shape index (κ3) is 1.78. The van der Waals surface area contributed by atoms with Crippen LogP contribution in [0.3, 0.4) is 0 Å². The van der Waals surface area contributed by atoms with Gasteiger partial charge < -0.3 is 4.74 Å². The van der Waals surface area contributed by atoms with Crippen molar-refractivity contribution in [3.05, 3.63) is 0 Å². The Kier molecular flexibility index (Phi) is 3.13. The maximum atomic E-state index is 12.7. The summed E-state index contributed by atoms with van der Waals surface area (Å²) in [7, 11) is 0. The minimum absolute atomic E-state index is 0.0445. The van der Waals surface area contributed by atoms with E-state index in [1.165, 1.54) is 4.90 Å². The molecule has 1 aliphatic heterocycles. The van der Waals surface area contributed by atoms with Crippen LogP contribution in [0.1, 0.15) is 46.5 Å². The van der Waals surface area contributed by atoms with E-state index in [4.69, 9.17) is 4.74 Å². The quantitative estimate of drug-likeness (QED) is 0.799. The number of hydrogen-bond acceptors (Lipinski definition) is 4. The van der Waals surface area contributed by atoms with E-state index in [0.29, 0.717) is 25.9 Å². The molecular weight excluding hydrogens is 272 g/mol. The number of carbonyl (C=O) groups excluding carboxylic acids is 3. The third-order valence-corrected chi connectivity index (χ3v) is 5.51. The first-order chi connectivity index (χ1) is 9.84. The van der Waals surface area contributed by atoms with Crippen LogP contribution in [0.4, 0.5) is 4.79 Å². The number of urea groups is 1. The van der Waals surface area contributed by atoms with E-state index in [-0.39, 0.29) is 23.5 Å². The van der Waals surface area contributed by atoms with E-state index in [1.807, 2.05) is 20.8 Å². The SMILES string of the molecule is CCOC1CC(N2C(=O)NC(=O)C3(CCC3)C2=O)C1(C)C. The van der Waals surface area contributed by atoms with Crippen LogP contribution in [0.5, 0.6) is 0 Å². The number of barbiturate groups is 1. The van der Waals surface area contributed by atoms with Crippen molar-refractivity contribution in [2.24, 2.45) is 10.8 Å². The molecule has 3 rings (SSSR count). The molecule has 1 heterocycles. The molecule has 116 valence electrons. The van der Waals surface area contributed by atoms with Crippen molar-refractivity contribution in [3.8, 4) is 0 Å². The molecule has 6 heteroatoms. The molecule has 0 aromatic heterocycles. The van der Waals surface area contributed by atoms with Gasteiger partial charge >= 0.3 is 6.03 Å². The molecule has 4 amide bonds. The first kappa shape index (κ1) is 14.5. The van der Waals surface area contributed by atoms with Gasteiger partial charge in [0, 0.05) is 12.0 Å². The summed E-state index contributed by atoms with van der Waals surface area (Å²) in [4.78, 5) is 38.2. The summed E-state index contributed by atoms with van der Waals surface area (Å²) in [5.41, 5.74) is -1.27. The van der Waals surface area contributed by atoms with Crippen molar-refractivity contribution in [1.82, 2.24) is 10.2 Å². The summed E-state index contributed by atoms with van der Waals surface area (Å²) in [6, 6.07) is -0.775. The largest absolute Gasteiger partial charge is 0.378 e. The van der Waals surface area contributed by atoms with Gasteiger partial charge in [-0.15, -0.1) is 0 Å². The lowest BCUT2D eigenvalue weighted by molar-refractivity contribution is -0.176. The molecule has 1 N–H and O–H groups in total. The minimum Gasteiger partial charge on any atom is -0.378 e. The highest BCUT2D eigenvalue weighted by atomic mass is 16.5. The molecular formula is C15H22N2O4. The van der Waals surface area contributed by atoms with Crippen LogP contribution < -0.4 is 5.32 Å². The smallest absolute Gasteiger partial charge is 0.331 e. The molecule has 0 aromatic rings. The van der Waals surface area contributed by atoms with Gasteiger partial charge in [-0.05, 0) is 26.2 Å². The summed E-state index contributed by atoms with van der Waals surface area (Å²) in [6.45, 7) is 6.56. The molecule has 3 fully saturated rings. The van der Waals surface area contributed by atoms with Gasteiger partial charge in [-0.25, -0.2) is 4.79 Å². The zero-order valence-corrected chi connectivity index (χ0v) is 12.8. The third-order valence-electron chi connectivity index (χ3n) is 5.51. The van der Waals surface area contributed by atoms with Crippen LogP contribution in [0.2, 0.25) is 0 Å². The molecule has 0 bridgehead atoms. The number of hydrogen-bond donors (Lipinski definition) is 1. The molecule has 2 unspecified atom stereocenters. The number of rotatable bonds is 3. The molecule has 1 saturated heterocycles. The fourth-order valence-electron chi connectivity index (χ4n) is 3.74. The maximum Gasteiger partial charge on any atom is 0.331 e. The van der Waals surface area contributed by atoms with Crippen molar-refractivity contribution < 1.29 is 19.1 Å². The lowest BCUT2D eigenvalue weighted by Crippen LogP contribution is -2.73. The monoisotopic (exact) mass is 294 g/mol. The van der Waals surface area contributed by atoms with Crippen molar-refractivity contribution in [2.45, 2.75) is 58.6 Å². The molecule has 2 saturated carbocycles. The molecule has 6 nitrogen and oxygen atoms in total. The molecule has 3 aliphatic rings. The summed E-state index contributed by atoms with van der Waals surface area (Å²) in [6.07, 6.45) is 2.64. The van der Waals surface area contributed by atoms with Gasteiger partial charge in [0.05, 0.1) is 12.1 Å². The molecule has 0 aromatic carbocycles. The molecule has 0 radical (unpaired) electrons. The summed E-state index contributed by atoms with van der Waals surface area (Å²) >= 11 is 0. The van der Waals surface area contributed by atoms with Gasteiger partial charge in [0.1, 0.15) is 5.41 Å². The minimum atomic E-state index is -0.985. The van der Waals surface area contributed by atoms with Crippen LogP contribution >= 0.6 is 0 Å². The zero-order chi connectivity index (χ0) is 15.4. The van der Waals surface area contributed by atoms with E-state index in [2.05, 4.69) is 5.32 Å². The second-order valence-corrected chi connectivity index (χ2v) is 6.89. The molecule has 21 heavy (non-hydrogen) atoms. The Morgan fingerprint density at radius 3 is 2.43 bits per heavy atom. The Morgan fingerprint density at radius 2 is 1.95 bits per heavy atom. The highest BCUT2D eigenvalue weighted by molar-refractivity contribution is 6.19. The Bertz CT molecular complexity index is 510. The van der Waals surface area contributed by atoms with Gasteiger partial charge in [-0.2, -0.15) is 0 Å². The zero-order valence-electron chi connectivity index (χ0n) is 12.8. The van der Waals surface area contributed by atoms with Crippen LogP contribution in [-0.4, -0.2) is 41.5 Å². The van der Waals surface area contributed by atoms with Crippen LogP contribution in [0.25, 0.3) is 0 Å². The van der Waals surface area contributed by atoms with Gasteiger partial charge in [-0.3, -0.25) is 19.8 Å². The standard InChI is InChI=1S/C15H22N2O4/c1-4-21-10-8-9(14(10,2)3)17-12(19)15(6-5-7-15)11(18)16-13(17)20/h9-10H,4-8H2,1-3H3,(H,16,18,20). The highest BCUT2D eigenvalue weighted by Crippen LogP contribution is 2.50. The van der Waals surface area contributed by atoms with E-state index in [0.717, 1.165) is 6.42 Å². The average Bonchev–Trinajstić information content (AvgIpc) is 2.34. The van der Waals surface area contributed by atoms with E-state index < -0.39 is 17.4 Å². The van der Waals surface area contributed by atoms with Crippen molar-refractivity contribution >= 4 is 17.8 Å². The second kappa shape index (κ2) is 4.53. The first-order valence-corrected chi connectivity index (χ1v) is 7.65. The van der Waals surface area contributed by atoms with Crippen LogP contribution in [0, 0.1) is 10.8 Å². The Morgan fingerprint density at radius 1 is 1.29 bits per heavy atom. The highest BCUT2D eigenvalue weighted by Gasteiger charge is 2.63. The molecule has 2 atom stereocenters. The fraction of sp³-hybridized carbons (Fsp3) is 0.800. The molecule has 1 spiro atoms. The number of ether oxygens (including phenoxy) is 1. The lowest BCUT2D eigenvalue weighted by Gasteiger charge is -2.57.